The minimum Gasteiger partial charge on any atom is -0.324 e. The third-order valence-corrected chi connectivity index (χ3v) is 4.98. The molecule has 0 spiro atoms. The number of ketones is 1. The van der Waals surface area contributed by atoms with Crippen LogP contribution in [0.5, 0.6) is 0 Å². The lowest BCUT2D eigenvalue weighted by molar-refractivity contribution is -0.115. The number of hydrogen-bond acceptors (Lipinski definition) is 6. The highest BCUT2D eigenvalue weighted by atomic mass is 35.5. The first-order valence-electron chi connectivity index (χ1n) is 8.07. The van der Waals surface area contributed by atoms with E-state index in [9.17, 15) is 9.59 Å². The Kier molecular flexibility index (Phi) is 5.88. The molecule has 2 aromatic carbocycles. The fraction of sp³-hybridized carbons (Fsp3) is 0.167. The van der Waals surface area contributed by atoms with E-state index in [1.54, 1.807) is 49.4 Å². The fourth-order valence-electron chi connectivity index (χ4n) is 2.37. The number of amides is 1. The van der Waals surface area contributed by atoms with Crippen LogP contribution < -0.4 is 5.32 Å². The van der Waals surface area contributed by atoms with Crippen molar-refractivity contribution in [2.75, 3.05) is 5.32 Å². The normalized spacial score (nSPS) is 11.8. The van der Waals surface area contributed by atoms with E-state index in [1.165, 1.54) is 23.4 Å². The van der Waals surface area contributed by atoms with E-state index in [2.05, 4.69) is 20.8 Å². The summed E-state index contributed by atoms with van der Waals surface area (Å²) >= 11 is 7.23. The second-order valence-electron chi connectivity index (χ2n) is 5.70. The number of halogens is 1. The molecule has 9 heteroatoms. The first-order valence-corrected chi connectivity index (χ1v) is 9.33. The Morgan fingerprint density at radius 3 is 2.70 bits per heavy atom. The molecule has 27 heavy (non-hydrogen) atoms. The number of hydrogen-bond donors (Lipinski definition) is 1. The Bertz CT molecular complexity index is 991. The first kappa shape index (κ1) is 19.1. The van der Waals surface area contributed by atoms with Crippen LogP contribution in [-0.4, -0.2) is 37.1 Å². The van der Waals surface area contributed by atoms with Crippen LogP contribution in [0.4, 0.5) is 5.69 Å². The van der Waals surface area contributed by atoms with Crippen molar-refractivity contribution in [1.29, 1.82) is 0 Å². The number of anilines is 1. The smallest absolute Gasteiger partial charge is 0.237 e. The highest BCUT2D eigenvalue weighted by Crippen LogP contribution is 2.25. The molecule has 0 unspecified atom stereocenters. The van der Waals surface area contributed by atoms with Crippen LogP contribution in [0.15, 0.2) is 53.7 Å². The summed E-state index contributed by atoms with van der Waals surface area (Å²) in [6, 6.07) is 14.0. The SMILES string of the molecule is CC(=O)c1ccccc1NC(=O)[C@H](C)Sc1nnnn1-c1cccc(Cl)c1. The summed E-state index contributed by atoms with van der Waals surface area (Å²) in [5, 5.41) is 15.0. The molecule has 3 rings (SSSR count). The van der Waals surface area contributed by atoms with Gasteiger partial charge in [0, 0.05) is 10.6 Å². The van der Waals surface area contributed by atoms with Gasteiger partial charge in [-0.25, -0.2) is 0 Å². The Hall–Kier alpha value is -2.71. The third-order valence-electron chi connectivity index (χ3n) is 3.71. The molecule has 0 aliphatic rings. The van der Waals surface area contributed by atoms with E-state index >= 15 is 0 Å². The van der Waals surface area contributed by atoms with Gasteiger partial charge < -0.3 is 5.32 Å². The lowest BCUT2D eigenvalue weighted by atomic mass is 10.1. The predicted molar refractivity (Wildman–Crippen MR) is 105 cm³/mol. The number of aromatic nitrogens is 4. The molecule has 0 saturated heterocycles. The number of nitrogens with zero attached hydrogens (tertiary/aromatic N) is 4. The van der Waals surface area contributed by atoms with Crippen LogP contribution in [0.25, 0.3) is 5.69 Å². The molecule has 7 nitrogen and oxygen atoms in total. The Morgan fingerprint density at radius 1 is 1.19 bits per heavy atom. The molecule has 138 valence electrons. The van der Waals surface area contributed by atoms with Crippen LogP contribution in [0.2, 0.25) is 5.02 Å². The van der Waals surface area contributed by atoms with Gasteiger partial charge in [-0.15, -0.1) is 5.10 Å². The molecular weight excluding hydrogens is 386 g/mol. The lowest BCUT2D eigenvalue weighted by Crippen LogP contribution is -2.24. The van der Waals surface area contributed by atoms with Crippen molar-refractivity contribution < 1.29 is 9.59 Å². The molecule has 1 atom stereocenters. The monoisotopic (exact) mass is 401 g/mol. The van der Waals surface area contributed by atoms with Gasteiger partial charge in [-0.3, -0.25) is 9.59 Å². The summed E-state index contributed by atoms with van der Waals surface area (Å²) in [7, 11) is 0. The van der Waals surface area contributed by atoms with Crippen molar-refractivity contribution in [3.05, 3.63) is 59.1 Å². The second-order valence-corrected chi connectivity index (χ2v) is 7.45. The summed E-state index contributed by atoms with van der Waals surface area (Å²) < 4.78 is 1.52. The summed E-state index contributed by atoms with van der Waals surface area (Å²) in [5.41, 5.74) is 1.65. The molecule has 1 N–H and O–H groups in total. The van der Waals surface area contributed by atoms with Gasteiger partial charge in [0.2, 0.25) is 11.1 Å². The maximum Gasteiger partial charge on any atom is 0.237 e. The molecule has 0 aliphatic heterocycles. The highest BCUT2D eigenvalue weighted by Gasteiger charge is 2.20. The van der Waals surface area contributed by atoms with E-state index in [1.807, 2.05) is 6.07 Å². The highest BCUT2D eigenvalue weighted by molar-refractivity contribution is 8.00. The van der Waals surface area contributed by atoms with Gasteiger partial charge in [-0.1, -0.05) is 41.6 Å². The molecule has 0 radical (unpaired) electrons. The van der Waals surface area contributed by atoms with Gasteiger partial charge in [-0.2, -0.15) is 4.68 Å². The molecule has 0 saturated carbocycles. The second kappa shape index (κ2) is 8.32. The number of thioether (sulfide) groups is 1. The van der Waals surface area contributed by atoms with Crippen LogP contribution >= 0.6 is 23.4 Å². The van der Waals surface area contributed by atoms with Crippen molar-refractivity contribution in [3.8, 4) is 5.69 Å². The van der Waals surface area contributed by atoms with Crippen molar-refractivity contribution in [3.63, 3.8) is 0 Å². The van der Waals surface area contributed by atoms with Crippen LogP contribution in [0, 0.1) is 0 Å². The average Bonchev–Trinajstić information content (AvgIpc) is 3.10. The molecular formula is C18H16ClN5O2S. The maximum atomic E-state index is 12.6. The summed E-state index contributed by atoms with van der Waals surface area (Å²) in [4.78, 5) is 24.3. The van der Waals surface area contributed by atoms with Crippen molar-refractivity contribution in [2.24, 2.45) is 0 Å². The van der Waals surface area contributed by atoms with E-state index in [0.717, 1.165) is 0 Å². The molecule has 0 bridgehead atoms. The Morgan fingerprint density at radius 2 is 1.96 bits per heavy atom. The molecule has 1 amide bonds. The predicted octanol–water partition coefficient (Wildman–Crippen LogP) is 3.64. The van der Waals surface area contributed by atoms with Crippen LogP contribution in [0.1, 0.15) is 24.2 Å². The summed E-state index contributed by atoms with van der Waals surface area (Å²) in [5.74, 6) is -0.370. The van der Waals surface area contributed by atoms with E-state index in [0.29, 0.717) is 27.1 Å². The quantitative estimate of drug-likeness (QED) is 0.501. The third kappa shape index (κ3) is 4.53. The topological polar surface area (TPSA) is 89.8 Å². The Balaban J connectivity index is 1.75. The number of tetrazole rings is 1. The lowest BCUT2D eigenvalue weighted by Gasteiger charge is -2.13. The van der Waals surface area contributed by atoms with Crippen molar-refractivity contribution >= 4 is 40.7 Å². The number of carbonyl (C=O) groups excluding carboxylic acids is 2. The maximum absolute atomic E-state index is 12.6. The van der Waals surface area contributed by atoms with Gasteiger partial charge in [-0.05, 0) is 54.6 Å². The van der Waals surface area contributed by atoms with Gasteiger partial charge in [0.25, 0.3) is 0 Å². The average molecular weight is 402 g/mol. The number of benzene rings is 2. The zero-order valence-corrected chi connectivity index (χ0v) is 16.2. The molecule has 3 aromatic rings. The molecule has 1 heterocycles. The molecule has 0 fully saturated rings. The zero-order chi connectivity index (χ0) is 19.4. The summed E-state index contributed by atoms with van der Waals surface area (Å²) in [6.45, 7) is 3.20. The zero-order valence-electron chi connectivity index (χ0n) is 14.6. The van der Waals surface area contributed by atoms with Crippen molar-refractivity contribution in [1.82, 2.24) is 20.2 Å². The molecule has 0 aliphatic carbocycles. The Labute approximate surface area is 165 Å². The van der Waals surface area contributed by atoms with Gasteiger partial charge in [0.1, 0.15) is 0 Å². The fourth-order valence-corrected chi connectivity index (χ4v) is 3.36. The number of para-hydroxylation sites is 1. The first-order chi connectivity index (χ1) is 13.0. The van der Waals surface area contributed by atoms with Crippen molar-refractivity contribution in [2.45, 2.75) is 24.3 Å². The largest absolute Gasteiger partial charge is 0.324 e. The van der Waals surface area contributed by atoms with E-state index in [-0.39, 0.29) is 11.7 Å². The van der Waals surface area contributed by atoms with E-state index in [4.69, 9.17) is 11.6 Å². The summed E-state index contributed by atoms with van der Waals surface area (Å²) in [6.07, 6.45) is 0. The number of rotatable bonds is 6. The van der Waals surface area contributed by atoms with Gasteiger partial charge >= 0.3 is 0 Å². The number of nitrogens with one attached hydrogen (secondary N) is 1. The standard InChI is InChI=1S/C18H16ClN5O2S/c1-11(25)15-8-3-4-9-16(15)20-17(26)12(2)27-18-21-22-23-24(18)14-7-5-6-13(19)10-14/h3-10,12H,1-2H3,(H,20,26)/t12-/m0/s1. The van der Waals surface area contributed by atoms with Crippen LogP contribution in [0.3, 0.4) is 0 Å². The van der Waals surface area contributed by atoms with Gasteiger partial charge in [0.15, 0.2) is 5.78 Å². The number of carbonyl (C=O) groups is 2. The molecule has 1 aromatic heterocycles. The van der Waals surface area contributed by atoms with Gasteiger partial charge in [0.05, 0.1) is 16.6 Å². The minimum absolute atomic E-state index is 0.115. The van der Waals surface area contributed by atoms with Crippen LogP contribution in [-0.2, 0) is 4.79 Å². The van der Waals surface area contributed by atoms with E-state index < -0.39 is 5.25 Å². The minimum atomic E-state index is -0.492. The number of Topliss-reactive ketones (excluding diaryl/α,β-unsaturated/α-hetero) is 1.